The SMILES string of the molecule is CCN(CC)CCN1CC(c2ccccc2)C(c2ccc(Cl)cc2)N1S(=O)(=O)N(CC)CC. The monoisotopic (exact) mass is 492 g/mol. The van der Waals surface area contributed by atoms with Gasteiger partial charge in [-0.05, 0) is 36.3 Å². The Morgan fingerprint density at radius 2 is 1.48 bits per heavy atom. The molecule has 1 heterocycles. The van der Waals surface area contributed by atoms with Gasteiger partial charge in [0.2, 0.25) is 0 Å². The van der Waals surface area contributed by atoms with Crippen LogP contribution < -0.4 is 0 Å². The molecule has 1 fully saturated rings. The maximum Gasteiger partial charge on any atom is 0.295 e. The average molecular weight is 493 g/mol. The predicted molar refractivity (Wildman–Crippen MR) is 136 cm³/mol. The van der Waals surface area contributed by atoms with E-state index >= 15 is 0 Å². The highest BCUT2D eigenvalue weighted by molar-refractivity contribution is 7.86. The summed E-state index contributed by atoms with van der Waals surface area (Å²) in [4.78, 5) is 2.33. The first-order valence-corrected chi connectivity index (χ1v) is 13.7. The molecule has 1 aliphatic heterocycles. The lowest BCUT2D eigenvalue weighted by molar-refractivity contribution is 0.0696. The molecule has 3 rings (SSSR count). The van der Waals surface area contributed by atoms with Crippen LogP contribution in [0.25, 0.3) is 0 Å². The summed E-state index contributed by atoms with van der Waals surface area (Å²) in [5.74, 6) is 0.00872. The van der Waals surface area contributed by atoms with Crippen molar-refractivity contribution < 1.29 is 8.42 Å². The highest BCUT2D eigenvalue weighted by atomic mass is 35.5. The number of benzene rings is 2. The van der Waals surface area contributed by atoms with Crippen molar-refractivity contribution in [2.45, 2.75) is 39.7 Å². The molecule has 0 radical (unpaired) electrons. The van der Waals surface area contributed by atoms with Gasteiger partial charge in [0, 0.05) is 43.7 Å². The summed E-state index contributed by atoms with van der Waals surface area (Å²) in [5.41, 5.74) is 2.09. The highest BCUT2D eigenvalue weighted by Gasteiger charge is 2.49. The molecule has 0 N–H and O–H groups in total. The molecule has 2 unspecified atom stereocenters. The quantitative estimate of drug-likeness (QED) is 0.459. The molecule has 1 aliphatic rings. The number of hydrogen-bond acceptors (Lipinski definition) is 4. The van der Waals surface area contributed by atoms with E-state index in [2.05, 4.69) is 30.9 Å². The maximum absolute atomic E-state index is 14.0. The molecule has 0 saturated carbocycles. The summed E-state index contributed by atoms with van der Waals surface area (Å²) >= 11 is 6.18. The van der Waals surface area contributed by atoms with Crippen LogP contribution in [0.3, 0.4) is 0 Å². The van der Waals surface area contributed by atoms with Crippen LogP contribution in [0.15, 0.2) is 54.6 Å². The molecule has 2 atom stereocenters. The number of hydrazine groups is 1. The van der Waals surface area contributed by atoms with Gasteiger partial charge in [0.15, 0.2) is 0 Å². The van der Waals surface area contributed by atoms with Gasteiger partial charge in [-0.15, -0.1) is 4.41 Å². The Hall–Kier alpha value is -1.48. The van der Waals surface area contributed by atoms with Gasteiger partial charge in [0.25, 0.3) is 10.2 Å². The van der Waals surface area contributed by atoms with E-state index in [1.807, 2.05) is 61.3 Å². The van der Waals surface area contributed by atoms with Crippen molar-refractivity contribution in [3.63, 3.8) is 0 Å². The minimum absolute atomic E-state index is 0.00872. The summed E-state index contributed by atoms with van der Waals surface area (Å²) in [6, 6.07) is 17.5. The highest BCUT2D eigenvalue weighted by Crippen LogP contribution is 2.45. The molecule has 1 saturated heterocycles. The minimum atomic E-state index is -3.72. The second-order valence-corrected chi connectivity index (χ2v) is 10.5. The van der Waals surface area contributed by atoms with Gasteiger partial charge < -0.3 is 4.90 Å². The first-order chi connectivity index (χ1) is 15.9. The molecule has 8 heteroatoms. The zero-order valence-electron chi connectivity index (χ0n) is 20.2. The van der Waals surface area contributed by atoms with Crippen LogP contribution in [0.5, 0.6) is 0 Å². The third kappa shape index (κ3) is 5.78. The third-order valence-corrected chi connectivity index (χ3v) is 8.93. The van der Waals surface area contributed by atoms with Gasteiger partial charge in [-0.3, -0.25) is 0 Å². The zero-order chi connectivity index (χ0) is 24.0. The normalized spacial score (nSPS) is 20.2. The van der Waals surface area contributed by atoms with Crippen LogP contribution in [0.2, 0.25) is 5.02 Å². The van der Waals surface area contributed by atoms with Crippen LogP contribution in [-0.4, -0.2) is 72.9 Å². The van der Waals surface area contributed by atoms with E-state index in [-0.39, 0.29) is 12.0 Å². The fourth-order valence-electron chi connectivity index (χ4n) is 4.69. The molecule has 0 spiro atoms. The van der Waals surface area contributed by atoms with E-state index in [9.17, 15) is 8.42 Å². The van der Waals surface area contributed by atoms with Gasteiger partial charge >= 0.3 is 0 Å². The lowest BCUT2D eigenvalue weighted by Crippen LogP contribution is -2.51. The second-order valence-electron chi connectivity index (χ2n) is 8.32. The standard InChI is InChI=1S/C25H37ClN4O2S/c1-5-27(6-2)18-19-28-20-24(21-12-10-9-11-13-21)25(22-14-16-23(26)17-15-22)30(28)33(31,32)29(7-3)8-4/h9-17,24-25H,5-8,18-20H2,1-4H3. The Morgan fingerprint density at radius 1 is 0.879 bits per heavy atom. The Balaban J connectivity index is 2.11. The Bertz CT molecular complexity index is 964. The molecule has 0 bridgehead atoms. The number of likely N-dealkylation sites (N-methyl/N-ethyl adjacent to an activating group) is 1. The minimum Gasteiger partial charge on any atom is -0.303 e. The molecule has 0 amide bonds. The van der Waals surface area contributed by atoms with Crippen molar-refractivity contribution in [1.29, 1.82) is 0 Å². The lowest BCUT2D eigenvalue weighted by atomic mass is 9.89. The molecule has 6 nitrogen and oxygen atoms in total. The van der Waals surface area contributed by atoms with E-state index in [4.69, 9.17) is 11.6 Å². The predicted octanol–water partition coefficient (Wildman–Crippen LogP) is 4.63. The van der Waals surface area contributed by atoms with E-state index in [0.29, 0.717) is 31.2 Å². The Kier molecular flexibility index (Phi) is 9.33. The van der Waals surface area contributed by atoms with E-state index < -0.39 is 10.2 Å². The van der Waals surface area contributed by atoms with Gasteiger partial charge in [0.05, 0.1) is 6.04 Å². The first-order valence-electron chi connectivity index (χ1n) is 11.9. The molecule has 2 aromatic rings. The largest absolute Gasteiger partial charge is 0.303 e. The van der Waals surface area contributed by atoms with E-state index in [0.717, 1.165) is 30.8 Å². The molecular weight excluding hydrogens is 456 g/mol. The van der Waals surface area contributed by atoms with Crippen LogP contribution in [0.1, 0.15) is 50.8 Å². The van der Waals surface area contributed by atoms with Crippen molar-refractivity contribution in [2.75, 3.05) is 45.8 Å². The van der Waals surface area contributed by atoms with Crippen LogP contribution in [-0.2, 0) is 10.2 Å². The van der Waals surface area contributed by atoms with Gasteiger partial charge in [-0.1, -0.05) is 81.8 Å². The summed E-state index contributed by atoms with van der Waals surface area (Å²) < 4.78 is 31.2. The first kappa shape index (κ1) is 26.1. The van der Waals surface area contributed by atoms with Crippen LogP contribution in [0, 0.1) is 0 Å². The molecule has 182 valence electrons. The molecule has 2 aromatic carbocycles. The molecular formula is C25H37ClN4O2S. The van der Waals surface area contributed by atoms with E-state index in [1.165, 1.54) is 0 Å². The van der Waals surface area contributed by atoms with Crippen molar-refractivity contribution in [3.8, 4) is 0 Å². The fraction of sp³-hybridized carbons (Fsp3) is 0.520. The van der Waals surface area contributed by atoms with Crippen molar-refractivity contribution in [3.05, 3.63) is 70.7 Å². The summed E-state index contributed by atoms with van der Waals surface area (Å²) in [5, 5.41) is 2.69. The summed E-state index contributed by atoms with van der Waals surface area (Å²) in [6.07, 6.45) is 0. The zero-order valence-corrected chi connectivity index (χ0v) is 21.8. The van der Waals surface area contributed by atoms with Crippen molar-refractivity contribution >= 4 is 21.8 Å². The Morgan fingerprint density at radius 3 is 2.03 bits per heavy atom. The van der Waals surface area contributed by atoms with Crippen LogP contribution >= 0.6 is 11.6 Å². The number of halogens is 1. The number of hydrogen-bond donors (Lipinski definition) is 0. The van der Waals surface area contributed by atoms with Crippen LogP contribution in [0.4, 0.5) is 0 Å². The topological polar surface area (TPSA) is 47.1 Å². The average Bonchev–Trinajstić information content (AvgIpc) is 3.22. The number of rotatable bonds is 11. The lowest BCUT2D eigenvalue weighted by Gasteiger charge is -2.36. The second kappa shape index (κ2) is 11.8. The smallest absolute Gasteiger partial charge is 0.295 e. The van der Waals surface area contributed by atoms with Crippen molar-refractivity contribution in [1.82, 2.24) is 18.6 Å². The number of nitrogens with zero attached hydrogens (tertiary/aromatic N) is 4. The summed E-state index contributed by atoms with van der Waals surface area (Å²) in [7, 11) is -3.72. The molecule has 0 aliphatic carbocycles. The van der Waals surface area contributed by atoms with E-state index in [1.54, 1.807) is 8.72 Å². The van der Waals surface area contributed by atoms with Gasteiger partial charge in [0.1, 0.15) is 0 Å². The molecule has 0 aromatic heterocycles. The van der Waals surface area contributed by atoms with Crippen molar-refractivity contribution in [2.24, 2.45) is 0 Å². The fourth-order valence-corrected chi connectivity index (χ4v) is 6.70. The summed E-state index contributed by atoms with van der Waals surface area (Å²) in [6.45, 7) is 12.9. The van der Waals surface area contributed by atoms with Gasteiger partial charge in [-0.2, -0.15) is 12.7 Å². The Labute approximate surface area is 204 Å². The third-order valence-electron chi connectivity index (χ3n) is 6.58. The van der Waals surface area contributed by atoms with Gasteiger partial charge in [-0.25, -0.2) is 5.01 Å². The maximum atomic E-state index is 14.0. The molecule has 33 heavy (non-hydrogen) atoms.